The minimum Gasteiger partial charge on any atom is -0.352 e. The van der Waals surface area contributed by atoms with Crippen molar-refractivity contribution in [1.29, 1.82) is 0 Å². The van der Waals surface area contributed by atoms with Gasteiger partial charge in [0.15, 0.2) is 5.96 Å². The van der Waals surface area contributed by atoms with Crippen LogP contribution in [-0.2, 0) is 13.1 Å². The third kappa shape index (κ3) is 5.59. The molecule has 0 fully saturated rings. The summed E-state index contributed by atoms with van der Waals surface area (Å²) in [7, 11) is 1.71. The molecule has 2 rings (SSSR count). The number of nitrogens with one attached hydrogen (secondary N) is 2. The van der Waals surface area contributed by atoms with Gasteiger partial charge in [-0.1, -0.05) is 18.2 Å². The monoisotopic (exact) mass is 414 g/mol. The number of aliphatic imine (C=N–C) groups is 1. The Morgan fingerprint density at radius 1 is 1.14 bits per heavy atom. The molecule has 0 spiro atoms. The Hall–Kier alpha value is -1.70. The summed E-state index contributed by atoms with van der Waals surface area (Å²) in [5.41, 5.74) is 3.12. The number of benzene rings is 1. The van der Waals surface area contributed by atoms with E-state index in [0.29, 0.717) is 19.0 Å². The molecule has 0 unspecified atom stereocenters. The molecular formula is C16H20FIN4. The maximum Gasteiger partial charge on any atom is 0.191 e. The van der Waals surface area contributed by atoms with E-state index in [1.807, 2.05) is 19.1 Å². The first-order valence-corrected chi connectivity index (χ1v) is 6.78. The van der Waals surface area contributed by atoms with Crippen LogP contribution in [0.5, 0.6) is 0 Å². The minimum atomic E-state index is -0.230. The maximum atomic E-state index is 12.8. The molecule has 0 saturated carbocycles. The van der Waals surface area contributed by atoms with Gasteiger partial charge >= 0.3 is 0 Å². The van der Waals surface area contributed by atoms with Gasteiger partial charge in [-0.05, 0) is 36.2 Å². The molecule has 0 aliphatic carbocycles. The summed E-state index contributed by atoms with van der Waals surface area (Å²) in [5.74, 6) is 0.455. The van der Waals surface area contributed by atoms with E-state index in [2.05, 4.69) is 20.6 Å². The summed E-state index contributed by atoms with van der Waals surface area (Å²) in [5, 5.41) is 6.39. The Bertz CT molecular complexity index is 614. The molecule has 118 valence electrons. The Morgan fingerprint density at radius 3 is 2.45 bits per heavy atom. The molecule has 1 aromatic carbocycles. The third-order valence-corrected chi connectivity index (χ3v) is 3.14. The van der Waals surface area contributed by atoms with Crippen molar-refractivity contribution in [1.82, 2.24) is 15.6 Å². The lowest BCUT2D eigenvalue weighted by atomic mass is 10.2. The molecule has 2 aromatic rings. The van der Waals surface area contributed by atoms with Gasteiger partial charge in [-0.3, -0.25) is 9.98 Å². The number of nitrogens with zero attached hydrogens (tertiary/aromatic N) is 2. The van der Waals surface area contributed by atoms with Crippen LogP contribution in [0.1, 0.15) is 16.8 Å². The van der Waals surface area contributed by atoms with Crippen molar-refractivity contribution >= 4 is 29.9 Å². The first-order valence-electron chi connectivity index (χ1n) is 6.78. The minimum absolute atomic E-state index is 0. The molecule has 2 N–H and O–H groups in total. The number of halogens is 2. The topological polar surface area (TPSA) is 49.3 Å². The highest BCUT2D eigenvalue weighted by atomic mass is 127. The Labute approximate surface area is 147 Å². The number of pyridine rings is 1. The molecule has 0 amide bonds. The van der Waals surface area contributed by atoms with Crippen molar-refractivity contribution in [2.24, 2.45) is 4.99 Å². The fourth-order valence-corrected chi connectivity index (χ4v) is 1.88. The second-order valence-electron chi connectivity index (χ2n) is 4.67. The summed E-state index contributed by atoms with van der Waals surface area (Å²) >= 11 is 0. The highest BCUT2D eigenvalue weighted by Gasteiger charge is 2.02. The van der Waals surface area contributed by atoms with E-state index in [9.17, 15) is 4.39 Å². The molecule has 6 heteroatoms. The summed E-state index contributed by atoms with van der Waals surface area (Å²) in [6.07, 6.45) is 1.78. The van der Waals surface area contributed by atoms with Crippen LogP contribution in [0.15, 0.2) is 47.6 Å². The Kier molecular flexibility index (Phi) is 7.79. The van der Waals surface area contributed by atoms with Gasteiger partial charge in [0.25, 0.3) is 0 Å². The van der Waals surface area contributed by atoms with Gasteiger partial charge in [0.2, 0.25) is 0 Å². The second-order valence-corrected chi connectivity index (χ2v) is 4.67. The third-order valence-electron chi connectivity index (χ3n) is 3.14. The largest absolute Gasteiger partial charge is 0.352 e. The van der Waals surface area contributed by atoms with E-state index >= 15 is 0 Å². The summed E-state index contributed by atoms with van der Waals surface area (Å²) < 4.78 is 12.8. The van der Waals surface area contributed by atoms with Crippen molar-refractivity contribution < 1.29 is 4.39 Å². The highest BCUT2D eigenvalue weighted by Crippen LogP contribution is 2.03. The van der Waals surface area contributed by atoms with Crippen molar-refractivity contribution in [2.75, 3.05) is 7.05 Å². The number of guanidine groups is 1. The van der Waals surface area contributed by atoms with Crippen molar-refractivity contribution in [3.8, 4) is 0 Å². The summed E-state index contributed by atoms with van der Waals surface area (Å²) in [6.45, 7) is 3.22. The van der Waals surface area contributed by atoms with Crippen LogP contribution < -0.4 is 10.6 Å². The van der Waals surface area contributed by atoms with Crippen molar-refractivity contribution in [3.05, 3.63) is 65.2 Å². The zero-order valence-electron chi connectivity index (χ0n) is 12.6. The molecule has 0 atom stereocenters. The predicted octanol–water partition coefficient (Wildman–Crippen LogP) is 3.01. The lowest BCUT2D eigenvalue weighted by Gasteiger charge is -2.12. The highest BCUT2D eigenvalue weighted by molar-refractivity contribution is 14.0. The molecule has 1 aromatic heterocycles. The Morgan fingerprint density at radius 2 is 1.82 bits per heavy atom. The zero-order chi connectivity index (χ0) is 15.1. The van der Waals surface area contributed by atoms with Gasteiger partial charge in [0.05, 0.1) is 12.2 Å². The van der Waals surface area contributed by atoms with E-state index in [1.165, 1.54) is 12.1 Å². The number of hydrogen-bond donors (Lipinski definition) is 2. The van der Waals surface area contributed by atoms with Gasteiger partial charge in [-0.25, -0.2) is 4.39 Å². The van der Waals surface area contributed by atoms with Crippen LogP contribution in [0.25, 0.3) is 0 Å². The molecule has 0 aliphatic heterocycles. The van der Waals surface area contributed by atoms with E-state index in [-0.39, 0.29) is 29.8 Å². The number of hydrogen-bond acceptors (Lipinski definition) is 2. The van der Waals surface area contributed by atoms with E-state index < -0.39 is 0 Å². The molecule has 0 radical (unpaired) electrons. The molecule has 1 heterocycles. The summed E-state index contributed by atoms with van der Waals surface area (Å²) in [6, 6.07) is 10.3. The van der Waals surface area contributed by atoms with Crippen LogP contribution in [0.2, 0.25) is 0 Å². The first-order chi connectivity index (χ1) is 10.2. The van der Waals surface area contributed by atoms with Crippen LogP contribution in [-0.4, -0.2) is 18.0 Å². The van der Waals surface area contributed by atoms with Gasteiger partial charge in [-0.2, -0.15) is 0 Å². The van der Waals surface area contributed by atoms with E-state index in [1.54, 1.807) is 25.4 Å². The fraction of sp³-hybridized carbons (Fsp3) is 0.250. The predicted molar refractivity (Wildman–Crippen MR) is 97.8 cm³/mol. The zero-order valence-corrected chi connectivity index (χ0v) is 15.0. The lowest BCUT2D eigenvalue weighted by Crippen LogP contribution is -2.36. The fourth-order valence-electron chi connectivity index (χ4n) is 1.88. The second kappa shape index (κ2) is 9.34. The molecular weight excluding hydrogens is 394 g/mol. The standard InChI is InChI=1S/C16H19FN4.HI/c1-12-4-3-9-19-15(12)11-21-16(18-2)20-10-13-5-7-14(17)8-6-13;/h3-9H,10-11H2,1-2H3,(H2,18,20,21);1H. The lowest BCUT2D eigenvalue weighted by molar-refractivity contribution is 0.626. The molecule has 22 heavy (non-hydrogen) atoms. The van der Waals surface area contributed by atoms with Crippen molar-refractivity contribution in [2.45, 2.75) is 20.0 Å². The average Bonchev–Trinajstić information content (AvgIpc) is 2.51. The van der Waals surface area contributed by atoms with Crippen LogP contribution in [0.3, 0.4) is 0 Å². The molecule has 0 bridgehead atoms. The molecule has 4 nitrogen and oxygen atoms in total. The first kappa shape index (κ1) is 18.3. The van der Waals surface area contributed by atoms with E-state index in [0.717, 1.165) is 16.8 Å². The SMILES string of the molecule is CN=C(NCc1ccc(F)cc1)NCc1ncccc1C.I. The smallest absolute Gasteiger partial charge is 0.191 e. The average molecular weight is 414 g/mol. The van der Waals surface area contributed by atoms with Gasteiger partial charge in [0, 0.05) is 19.8 Å². The van der Waals surface area contributed by atoms with Crippen LogP contribution in [0.4, 0.5) is 4.39 Å². The maximum absolute atomic E-state index is 12.8. The van der Waals surface area contributed by atoms with Crippen molar-refractivity contribution in [3.63, 3.8) is 0 Å². The van der Waals surface area contributed by atoms with Gasteiger partial charge < -0.3 is 10.6 Å². The Balaban J connectivity index is 0.00000242. The van der Waals surface area contributed by atoms with Gasteiger partial charge in [0.1, 0.15) is 5.82 Å². The number of aromatic nitrogens is 1. The van der Waals surface area contributed by atoms with Crippen LogP contribution in [0, 0.1) is 12.7 Å². The normalized spacial score (nSPS) is 10.8. The summed E-state index contributed by atoms with van der Waals surface area (Å²) in [4.78, 5) is 8.48. The quantitative estimate of drug-likeness (QED) is 0.460. The van der Waals surface area contributed by atoms with Gasteiger partial charge in [-0.15, -0.1) is 24.0 Å². The van der Waals surface area contributed by atoms with E-state index in [4.69, 9.17) is 0 Å². The molecule has 0 saturated heterocycles. The van der Waals surface area contributed by atoms with Crippen LogP contribution >= 0.6 is 24.0 Å². The number of rotatable bonds is 4. The molecule has 0 aliphatic rings. The number of aryl methyl sites for hydroxylation is 1.